The van der Waals surface area contributed by atoms with Gasteiger partial charge < -0.3 is 5.73 Å². The van der Waals surface area contributed by atoms with Crippen molar-refractivity contribution >= 4 is 16.9 Å². The molecule has 0 unspecified atom stereocenters. The molecule has 3 rings (SSSR count). The number of nitrogens with zero attached hydrogens (tertiary/aromatic N) is 4. The Labute approximate surface area is 91.5 Å². The lowest BCUT2D eigenvalue weighted by Gasteiger charge is -2.01. The predicted octanol–water partition coefficient (Wildman–Crippen LogP) is 1.40. The van der Waals surface area contributed by atoms with Gasteiger partial charge in [0.15, 0.2) is 0 Å². The molecule has 5 nitrogen and oxygen atoms in total. The molecule has 0 bridgehead atoms. The normalized spacial score (nSPS) is 10.8. The number of nitrogen functional groups attached to an aromatic ring is 1. The Morgan fingerprint density at radius 2 is 2.00 bits per heavy atom. The van der Waals surface area contributed by atoms with Crippen LogP contribution >= 0.6 is 0 Å². The van der Waals surface area contributed by atoms with E-state index in [-0.39, 0.29) is 0 Å². The second-order valence-electron chi connectivity index (χ2n) is 3.43. The number of rotatable bonds is 1. The standard InChI is InChI=1S/C11H9N5/c12-11-7-8(5-6-13-11)16-10-4-2-1-3-9(10)14-15-16/h1-7H,(H2,12,13). The van der Waals surface area contributed by atoms with Crippen molar-refractivity contribution < 1.29 is 0 Å². The van der Waals surface area contributed by atoms with E-state index in [9.17, 15) is 0 Å². The summed E-state index contributed by atoms with van der Waals surface area (Å²) in [4.78, 5) is 3.95. The molecule has 0 saturated heterocycles. The van der Waals surface area contributed by atoms with Gasteiger partial charge in [-0.3, -0.25) is 0 Å². The van der Waals surface area contributed by atoms with Crippen molar-refractivity contribution in [1.82, 2.24) is 20.0 Å². The molecule has 2 heterocycles. The second-order valence-corrected chi connectivity index (χ2v) is 3.43. The minimum atomic E-state index is 0.470. The fourth-order valence-electron chi connectivity index (χ4n) is 1.63. The Balaban J connectivity index is 2.26. The van der Waals surface area contributed by atoms with Crippen molar-refractivity contribution in [3.63, 3.8) is 0 Å². The van der Waals surface area contributed by atoms with Gasteiger partial charge in [-0.1, -0.05) is 17.3 Å². The van der Waals surface area contributed by atoms with Gasteiger partial charge in [-0.05, 0) is 18.2 Å². The van der Waals surface area contributed by atoms with Crippen molar-refractivity contribution in [3.05, 3.63) is 42.6 Å². The first-order valence-electron chi connectivity index (χ1n) is 4.87. The van der Waals surface area contributed by atoms with Gasteiger partial charge in [-0.15, -0.1) is 5.10 Å². The van der Waals surface area contributed by atoms with E-state index in [1.54, 1.807) is 16.9 Å². The van der Waals surface area contributed by atoms with Gasteiger partial charge in [-0.25, -0.2) is 9.67 Å². The Bertz CT molecular complexity index is 643. The second kappa shape index (κ2) is 3.30. The summed E-state index contributed by atoms with van der Waals surface area (Å²) in [5.41, 5.74) is 8.31. The van der Waals surface area contributed by atoms with E-state index in [1.807, 2.05) is 30.3 Å². The van der Waals surface area contributed by atoms with Gasteiger partial charge in [0.2, 0.25) is 0 Å². The highest BCUT2D eigenvalue weighted by atomic mass is 15.4. The van der Waals surface area contributed by atoms with Gasteiger partial charge in [-0.2, -0.15) is 0 Å². The minimum absolute atomic E-state index is 0.470. The van der Waals surface area contributed by atoms with E-state index in [1.165, 1.54) is 0 Å². The summed E-state index contributed by atoms with van der Waals surface area (Å²) < 4.78 is 1.74. The molecule has 2 aromatic heterocycles. The molecule has 0 aliphatic heterocycles. The molecule has 1 aromatic carbocycles. The lowest BCUT2D eigenvalue weighted by atomic mass is 10.3. The van der Waals surface area contributed by atoms with Crippen LogP contribution in [0.2, 0.25) is 0 Å². The molecule has 78 valence electrons. The molecule has 0 saturated carbocycles. The van der Waals surface area contributed by atoms with Gasteiger partial charge in [0, 0.05) is 12.3 Å². The molecule has 0 aliphatic rings. The van der Waals surface area contributed by atoms with E-state index in [2.05, 4.69) is 15.3 Å². The molecule has 0 aliphatic carbocycles. The number of benzene rings is 1. The Morgan fingerprint density at radius 1 is 1.12 bits per heavy atom. The zero-order valence-electron chi connectivity index (χ0n) is 8.41. The number of anilines is 1. The smallest absolute Gasteiger partial charge is 0.125 e. The first kappa shape index (κ1) is 8.84. The van der Waals surface area contributed by atoms with Crippen LogP contribution in [-0.4, -0.2) is 20.0 Å². The topological polar surface area (TPSA) is 69.6 Å². The number of pyridine rings is 1. The van der Waals surface area contributed by atoms with Gasteiger partial charge >= 0.3 is 0 Å². The van der Waals surface area contributed by atoms with E-state index in [0.717, 1.165) is 16.7 Å². The highest BCUT2D eigenvalue weighted by Gasteiger charge is 2.05. The first-order valence-corrected chi connectivity index (χ1v) is 4.87. The summed E-state index contributed by atoms with van der Waals surface area (Å²) in [6.07, 6.45) is 1.65. The third-order valence-electron chi connectivity index (χ3n) is 2.36. The van der Waals surface area contributed by atoms with Crippen LogP contribution in [0, 0.1) is 0 Å². The van der Waals surface area contributed by atoms with Crippen molar-refractivity contribution in [2.45, 2.75) is 0 Å². The van der Waals surface area contributed by atoms with Crippen LogP contribution in [0.4, 0.5) is 5.82 Å². The van der Waals surface area contributed by atoms with Crippen LogP contribution in [0.3, 0.4) is 0 Å². The van der Waals surface area contributed by atoms with Crippen molar-refractivity contribution in [3.8, 4) is 5.69 Å². The Hall–Kier alpha value is -2.43. The molecule has 0 amide bonds. The maximum Gasteiger partial charge on any atom is 0.125 e. The lowest BCUT2D eigenvalue weighted by Crippen LogP contribution is -1.98. The number of hydrogen-bond acceptors (Lipinski definition) is 4. The molecule has 3 aromatic rings. The average Bonchev–Trinajstić information content (AvgIpc) is 2.72. The van der Waals surface area contributed by atoms with Crippen LogP contribution in [0.5, 0.6) is 0 Å². The van der Waals surface area contributed by atoms with Crippen LogP contribution < -0.4 is 5.73 Å². The molecule has 2 N–H and O–H groups in total. The predicted molar refractivity (Wildman–Crippen MR) is 61.1 cm³/mol. The van der Waals surface area contributed by atoms with Crippen molar-refractivity contribution in [2.24, 2.45) is 0 Å². The quantitative estimate of drug-likeness (QED) is 0.660. The highest BCUT2D eigenvalue weighted by Crippen LogP contribution is 2.16. The van der Waals surface area contributed by atoms with E-state index in [4.69, 9.17) is 5.73 Å². The van der Waals surface area contributed by atoms with E-state index >= 15 is 0 Å². The largest absolute Gasteiger partial charge is 0.384 e. The number of hydrogen-bond donors (Lipinski definition) is 1. The first-order chi connectivity index (χ1) is 7.84. The van der Waals surface area contributed by atoms with Gasteiger partial charge in [0.05, 0.1) is 11.2 Å². The lowest BCUT2D eigenvalue weighted by molar-refractivity contribution is 0.823. The zero-order valence-corrected chi connectivity index (χ0v) is 8.41. The minimum Gasteiger partial charge on any atom is -0.384 e. The maximum absolute atomic E-state index is 5.64. The van der Waals surface area contributed by atoms with Crippen LogP contribution in [0.1, 0.15) is 0 Å². The molecule has 0 fully saturated rings. The average molecular weight is 211 g/mol. The maximum atomic E-state index is 5.64. The van der Waals surface area contributed by atoms with Crippen LogP contribution in [-0.2, 0) is 0 Å². The molecular formula is C11H9N5. The fourth-order valence-corrected chi connectivity index (χ4v) is 1.63. The SMILES string of the molecule is Nc1cc(-n2nnc3ccccc32)ccn1. The van der Waals surface area contributed by atoms with Crippen LogP contribution in [0.25, 0.3) is 16.7 Å². The number of aromatic nitrogens is 4. The van der Waals surface area contributed by atoms with E-state index < -0.39 is 0 Å². The number of nitrogens with two attached hydrogens (primary N) is 1. The fraction of sp³-hybridized carbons (Fsp3) is 0. The molecule has 0 spiro atoms. The Kier molecular flexibility index (Phi) is 1.83. The number of fused-ring (bicyclic) bond motifs is 1. The third-order valence-corrected chi connectivity index (χ3v) is 2.36. The van der Waals surface area contributed by atoms with Crippen molar-refractivity contribution in [1.29, 1.82) is 0 Å². The zero-order chi connectivity index (χ0) is 11.0. The molecule has 0 radical (unpaired) electrons. The Morgan fingerprint density at radius 3 is 2.88 bits per heavy atom. The summed E-state index contributed by atoms with van der Waals surface area (Å²) >= 11 is 0. The summed E-state index contributed by atoms with van der Waals surface area (Å²) in [5, 5.41) is 8.17. The monoisotopic (exact) mass is 211 g/mol. The van der Waals surface area contributed by atoms with Crippen LogP contribution in [0.15, 0.2) is 42.6 Å². The number of para-hydroxylation sites is 1. The molecule has 16 heavy (non-hydrogen) atoms. The third kappa shape index (κ3) is 1.30. The summed E-state index contributed by atoms with van der Waals surface area (Å²) in [6, 6.07) is 11.4. The summed E-state index contributed by atoms with van der Waals surface area (Å²) in [6.45, 7) is 0. The highest BCUT2D eigenvalue weighted by molar-refractivity contribution is 5.75. The van der Waals surface area contributed by atoms with Gasteiger partial charge in [0.1, 0.15) is 11.3 Å². The van der Waals surface area contributed by atoms with Gasteiger partial charge in [0.25, 0.3) is 0 Å². The van der Waals surface area contributed by atoms with E-state index in [0.29, 0.717) is 5.82 Å². The summed E-state index contributed by atoms with van der Waals surface area (Å²) in [5.74, 6) is 0.470. The summed E-state index contributed by atoms with van der Waals surface area (Å²) in [7, 11) is 0. The van der Waals surface area contributed by atoms with Crippen molar-refractivity contribution in [2.75, 3.05) is 5.73 Å². The molecular weight excluding hydrogens is 202 g/mol. The molecule has 0 atom stereocenters. The molecule has 5 heteroatoms.